The first-order valence-corrected chi connectivity index (χ1v) is 9.44. The highest BCUT2D eigenvalue weighted by Gasteiger charge is 2.34. The standard InChI is InChI=1S/C14H20ClN3O5S/c15-11-2-3-13(18(19)20)14(10-11)24(21,22)17-7-4-12(5-8-17)23-9-1-6-16/h2-3,10,12H,1,4-9,16H2. The van der Waals surface area contributed by atoms with Crippen LogP contribution < -0.4 is 5.73 Å². The zero-order chi connectivity index (χ0) is 17.7. The Kier molecular flexibility index (Phi) is 6.53. The average Bonchev–Trinajstić information content (AvgIpc) is 2.55. The SMILES string of the molecule is NCCCOC1CCN(S(=O)(=O)c2cc(Cl)ccc2[N+](=O)[O-])CC1. The Hall–Kier alpha value is -1.26. The molecule has 1 heterocycles. The van der Waals surface area contributed by atoms with E-state index in [2.05, 4.69) is 0 Å². The lowest BCUT2D eigenvalue weighted by Gasteiger charge is -2.31. The minimum Gasteiger partial charge on any atom is -0.378 e. The van der Waals surface area contributed by atoms with Gasteiger partial charge in [-0.3, -0.25) is 10.1 Å². The third kappa shape index (κ3) is 4.42. The number of nitrogens with two attached hydrogens (primary N) is 1. The van der Waals surface area contributed by atoms with Crippen LogP contribution in [0, 0.1) is 10.1 Å². The van der Waals surface area contributed by atoms with E-state index in [0.717, 1.165) is 18.6 Å². The van der Waals surface area contributed by atoms with Gasteiger partial charge in [0.05, 0.1) is 11.0 Å². The molecule has 1 aromatic carbocycles. The third-order valence-electron chi connectivity index (χ3n) is 3.84. The summed E-state index contributed by atoms with van der Waals surface area (Å²) in [5.41, 5.74) is 4.93. The number of benzene rings is 1. The molecule has 2 rings (SSSR count). The van der Waals surface area contributed by atoms with E-state index in [1.165, 1.54) is 10.4 Å². The minimum absolute atomic E-state index is 0.0163. The summed E-state index contributed by atoms with van der Waals surface area (Å²) in [5, 5.41) is 11.2. The fraction of sp³-hybridized carbons (Fsp3) is 0.571. The fourth-order valence-electron chi connectivity index (χ4n) is 2.56. The van der Waals surface area contributed by atoms with E-state index in [9.17, 15) is 18.5 Å². The van der Waals surface area contributed by atoms with Gasteiger partial charge in [-0.15, -0.1) is 0 Å². The molecule has 0 aromatic heterocycles. The van der Waals surface area contributed by atoms with Crippen molar-refractivity contribution < 1.29 is 18.1 Å². The lowest BCUT2D eigenvalue weighted by molar-refractivity contribution is -0.387. The third-order valence-corrected chi connectivity index (χ3v) is 6.00. The molecule has 0 radical (unpaired) electrons. The van der Waals surface area contributed by atoms with Gasteiger partial charge >= 0.3 is 0 Å². The van der Waals surface area contributed by atoms with Crippen LogP contribution in [0.4, 0.5) is 5.69 Å². The highest BCUT2D eigenvalue weighted by atomic mass is 35.5. The lowest BCUT2D eigenvalue weighted by atomic mass is 10.1. The van der Waals surface area contributed by atoms with Gasteiger partial charge in [-0.25, -0.2) is 8.42 Å². The van der Waals surface area contributed by atoms with Crippen LogP contribution in [-0.2, 0) is 14.8 Å². The van der Waals surface area contributed by atoms with Crippen molar-refractivity contribution in [1.82, 2.24) is 4.31 Å². The first-order chi connectivity index (χ1) is 11.4. The number of hydrogen-bond acceptors (Lipinski definition) is 6. The monoisotopic (exact) mass is 377 g/mol. The van der Waals surface area contributed by atoms with Gasteiger partial charge in [-0.05, 0) is 37.9 Å². The van der Waals surface area contributed by atoms with E-state index in [1.807, 2.05) is 0 Å². The lowest BCUT2D eigenvalue weighted by Crippen LogP contribution is -2.41. The Morgan fingerprint density at radius 1 is 1.38 bits per heavy atom. The molecule has 0 amide bonds. The van der Waals surface area contributed by atoms with Crippen LogP contribution >= 0.6 is 11.6 Å². The fourth-order valence-corrected chi connectivity index (χ4v) is 4.45. The van der Waals surface area contributed by atoms with Gasteiger partial charge in [0.2, 0.25) is 10.0 Å². The molecule has 1 aliphatic rings. The molecule has 10 heteroatoms. The topological polar surface area (TPSA) is 116 Å². The van der Waals surface area contributed by atoms with E-state index < -0.39 is 20.6 Å². The maximum absolute atomic E-state index is 12.7. The summed E-state index contributed by atoms with van der Waals surface area (Å²) in [4.78, 5) is 10.0. The molecule has 8 nitrogen and oxygen atoms in total. The molecule has 1 fully saturated rings. The number of hydrogen-bond donors (Lipinski definition) is 1. The van der Waals surface area contributed by atoms with Gasteiger partial charge in [0.1, 0.15) is 0 Å². The van der Waals surface area contributed by atoms with Crippen molar-refractivity contribution >= 4 is 27.3 Å². The molecule has 24 heavy (non-hydrogen) atoms. The van der Waals surface area contributed by atoms with Crippen molar-refractivity contribution in [3.05, 3.63) is 33.3 Å². The number of nitro groups is 1. The zero-order valence-corrected chi connectivity index (χ0v) is 14.6. The zero-order valence-electron chi connectivity index (χ0n) is 13.1. The van der Waals surface area contributed by atoms with Gasteiger partial charge in [0.25, 0.3) is 5.69 Å². The molecule has 134 valence electrons. The predicted octanol–water partition coefficient (Wildman–Crippen LogP) is 1.77. The van der Waals surface area contributed by atoms with Gasteiger partial charge in [0.15, 0.2) is 4.90 Å². The average molecular weight is 378 g/mol. The van der Waals surface area contributed by atoms with Crippen LogP contribution in [0.2, 0.25) is 5.02 Å². The van der Waals surface area contributed by atoms with Crippen LogP contribution in [0.15, 0.2) is 23.1 Å². The smallest absolute Gasteiger partial charge is 0.289 e. The summed E-state index contributed by atoms with van der Waals surface area (Å²) in [7, 11) is -3.98. The molecule has 1 aromatic rings. The summed E-state index contributed by atoms with van der Waals surface area (Å²) in [6.07, 6.45) is 1.82. The Bertz CT molecular complexity index is 690. The second-order valence-corrected chi connectivity index (χ2v) is 7.83. The number of sulfonamides is 1. The highest BCUT2D eigenvalue weighted by Crippen LogP contribution is 2.31. The van der Waals surface area contributed by atoms with Crippen LogP contribution in [0.5, 0.6) is 0 Å². The number of nitrogens with zero attached hydrogens (tertiary/aromatic N) is 2. The van der Waals surface area contributed by atoms with Gasteiger partial charge in [-0.2, -0.15) is 4.31 Å². The van der Waals surface area contributed by atoms with Crippen molar-refractivity contribution in [2.75, 3.05) is 26.2 Å². The predicted molar refractivity (Wildman–Crippen MR) is 89.5 cm³/mol. The molecular weight excluding hydrogens is 358 g/mol. The normalized spacial score (nSPS) is 17.1. The number of piperidine rings is 1. The Morgan fingerprint density at radius 2 is 2.04 bits per heavy atom. The summed E-state index contributed by atoms with van der Waals surface area (Å²) in [6.45, 7) is 1.60. The number of rotatable bonds is 7. The molecule has 1 aliphatic heterocycles. The maximum atomic E-state index is 12.7. The van der Waals surface area contributed by atoms with E-state index >= 15 is 0 Å². The van der Waals surface area contributed by atoms with Crippen LogP contribution in [-0.4, -0.2) is 50.0 Å². The van der Waals surface area contributed by atoms with Crippen LogP contribution in [0.3, 0.4) is 0 Å². The summed E-state index contributed by atoms with van der Waals surface area (Å²) in [5.74, 6) is 0. The van der Waals surface area contributed by atoms with Crippen molar-refractivity contribution in [1.29, 1.82) is 0 Å². The first-order valence-electron chi connectivity index (χ1n) is 7.62. The number of nitro benzene ring substituents is 1. The van der Waals surface area contributed by atoms with E-state index in [1.54, 1.807) is 0 Å². The van der Waals surface area contributed by atoms with Gasteiger partial charge in [0, 0.05) is 30.8 Å². The molecule has 0 aliphatic carbocycles. The second kappa shape index (κ2) is 8.21. The van der Waals surface area contributed by atoms with Crippen molar-refractivity contribution in [2.45, 2.75) is 30.3 Å². The summed E-state index contributed by atoms with van der Waals surface area (Å²) >= 11 is 5.82. The molecule has 0 bridgehead atoms. The van der Waals surface area contributed by atoms with Crippen LogP contribution in [0.1, 0.15) is 19.3 Å². The molecule has 2 N–H and O–H groups in total. The van der Waals surface area contributed by atoms with Crippen molar-refractivity contribution in [3.8, 4) is 0 Å². The Morgan fingerprint density at radius 3 is 2.62 bits per heavy atom. The van der Waals surface area contributed by atoms with Crippen molar-refractivity contribution in [2.24, 2.45) is 5.73 Å². The first kappa shape index (κ1) is 19.1. The molecule has 1 saturated heterocycles. The molecule has 0 atom stereocenters. The largest absolute Gasteiger partial charge is 0.378 e. The number of ether oxygens (including phenoxy) is 1. The van der Waals surface area contributed by atoms with Crippen molar-refractivity contribution in [3.63, 3.8) is 0 Å². The highest BCUT2D eigenvalue weighted by molar-refractivity contribution is 7.89. The Balaban J connectivity index is 2.12. The van der Waals surface area contributed by atoms with E-state index in [-0.39, 0.29) is 29.1 Å². The molecule has 0 spiro atoms. The number of halogens is 1. The molecule has 0 unspecified atom stereocenters. The summed E-state index contributed by atoms with van der Waals surface area (Å²) in [6, 6.07) is 3.53. The minimum atomic E-state index is -3.98. The Labute approximate surface area is 145 Å². The van der Waals surface area contributed by atoms with Gasteiger partial charge in [-0.1, -0.05) is 11.6 Å². The van der Waals surface area contributed by atoms with E-state index in [4.69, 9.17) is 22.1 Å². The second-order valence-electron chi connectivity index (χ2n) is 5.49. The quantitative estimate of drug-likeness (QED) is 0.439. The van der Waals surface area contributed by atoms with E-state index in [0.29, 0.717) is 26.0 Å². The molecular formula is C14H20ClN3O5S. The summed E-state index contributed by atoms with van der Waals surface area (Å²) < 4.78 is 32.4. The van der Waals surface area contributed by atoms with Crippen LogP contribution in [0.25, 0.3) is 0 Å². The molecule has 0 saturated carbocycles. The van der Waals surface area contributed by atoms with Gasteiger partial charge < -0.3 is 10.5 Å². The maximum Gasteiger partial charge on any atom is 0.289 e.